The van der Waals surface area contributed by atoms with E-state index in [-0.39, 0.29) is 5.92 Å². The van der Waals surface area contributed by atoms with Gasteiger partial charge in [0.25, 0.3) is 0 Å². The van der Waals surface area contributed by atoms with Crippen LogP contribution in [-0.2, 0) is 4.79 Å². The zero-order valence-corrected chi connectivity index (χ0v) is 16.8. The van der Waals surface area contributed by atoms with Gasteiger partial charge < -0.3 is 4.90 Å². The van der Waals surface area contributed by atoms with E-state index in [1.54, 1.807) is 17.5 Å². The van der Waals surface area contributed by atoms with E-state index in [2.05, 4.69) is 40.1 Å². The molecule has 1 heterocycles. The average Bonchev–Trinajstić information content (AvgIpc) is 3.49. The molecule has 26 heavy (non-hydrogen) atoms. The fourth-order valence-electron chi connectivity index (χ4n) is 5.12. The lowest BCUT2D eigenvalue weighted by molar-refractivity contribution is -0.133. The van der Waals surface area contributed by atoms with E-state index >= 15 is 0 Å². The van der Waals surface area contributed by atoms with Crippen molar-refractivity contribution in [3.8, 4) is 0 Å². The maximum Gasteiger partial charge on any atom is 0.226 e. The molecule has 3 nitrogen and oxygen atoms in total. The van der Waals surface area contributed by atoms with E-state index in [1.807, 2.05) is 0 Å². The van der Waals surface area contributed by atoms with Crippen molar-refractivity contribution in [1.82, 2.24) is 9.62 Å². The maximum atomic E-state index is 13.1. The van der Waals surface area contributed by atoms with Gasteiger partial charge in [-0.2, -0.15) is 0 Å². The Labute approximate surface area is 162 Å². The Kier molecular flexibility index (Phi) is 5.90. The highest BCUT2D eigenvalue weighted by atomic mass is 32.2. The monoisotopic (exact) mass is 372 g/mol. The van der Waals surface area contributed by atoms with Crippen LogP contribution in [0.5, 0.6) is 0 Å². The number of piperidine rings is 1. The first-order chi connectivity index (χ1) is 12.8. The van der Waals surface area contributed by atoms with Crippen molar-refractivity contribution < 1.29 is 4.79 Å². The lowest BCUT2D eigenvalue weighted by Gasteiger charge is -2.33. The first-order valence-corrected chi connectivity index (χ1v) is 11.7. The van der Waals surface area contributed by atoms with Gasteiger partial charge in [0.15, 0.2) is 0 Å². The van der Waals surface area contributed by atoms with Gasteiger partial charge in [-0.3, -0.25) is 9.52 Å². The van der Waals surface area contributed by atoms with Crippen LogP contribution in [0.4, 0.5) is 0 Å². The Balaban J connectivity index is 1.43. The smallest absolute Gasteiger partial charge is 0.226 e. The Morgan fingerprint density at radius 2 is 1.85 bits per heavy atom. The minimum absolute atomic E-state index is 0.229. The first kappa shape index (κ1) is 18.4. The Morgan fingerprint density at radius 3 is 2.62 bits per heavy atom. The van der Waals surface area contributed by atoms with Crippen LogP contribution < -0.4 is 4.72 Å². The SMILES string of the molecule is CSNC1CCCN(C(=O)C2CC2c2ccccc2C2CCCCC2)C1. The summed E-state index contributed by atoms with van der Waals surface area (Å²) in [6, 6.07) is 9.45. The van der Waals surface area contributed by atoms with Crippen molar-refractivity contribution in [2.24, 2.45) is 5.92 Å². The Morgan fingerprint density at radius 1 is 1.08 bits per heavy atom. The second kappa shape index (κ2) is 8.35. The molecule has 3 atom stereocenters. The van der Waals surface area contributed by atoms with Crippen molar-refractivity contribution in [2.45, 2.75) is 69.2 Å². The second-order valence-electron chi connectivity index (χ2n) is 8.36. The summed E-state index contributed by atoms with van der Waals surface area (Å²) in [5.41, 5.74) is 3.03. The summed E-state index contributed by atoms with van der Waals surface area (Å²) in [6.07, 6.45) is 12.2. The van der Waals surface area contributed by atoms with Gasteiger partial charge in [-0.25, -0.2) is 0 Å². The maximum absolute atomic E-state index is 13.1. The van der Waals surface area contributed by atoms with Gasteiger partial charge in [0.05, 0.1) is 0 Å². The molecule has 1 aliphatic heterocycles. The number of carbonyl (C=O) groups is 1. The van der Waals surface area contributed by atoms with Crippen molar-refractivity contribution in [3.63, 3.8) is 0 Å². The number of carbonyl (C=O) groups excluding carboxylic acids is 1. The van der Waals surface area contributed by atoms with Gasteiger partial charge in [-0.15, -0.1) is 0 Å². The topological polar surface area (TPSA) is 32.3 Å². The van der Waals surface area contributed by atoms with Gasteiger partial charge in [-0.1, -0.05) is 55.5 Å². The number of likely N-dealkylation sites (tertiary alicyclic amines) is 1. The molecule has 4 heteroatoms. The van der Waals surface area contributed by atoms with Crippen molar-refractivity contribution in [1.29, 1.82) is 0 Å². The highest BCUT2D eigenvalue weighted by molar-refractivity contribution is 7.96. The van der Waals surface area contributed by atoms with Crippen LogP contribution in [0.2, 0.25) is 0 Å². The van der Waals surface area contributed by atoms with Crippen molar-refractivity contribution in [3.05, 3.63) is 35.4 Å². The van der Waals surface area contributed by atoms with E-state index in [1.165, 1.54) is 44.1 Å². The molecule has 0 aromatic heterocycles. The van der Waals surface area contributed by atoms with Crippen LogP contribution in [-0.4, -0.2) is 36.2 Å². The van der Waals surface area contributed by atoms with Crippen LogP contribution in [0.25, 0.3) is 0 Å². The second-order valence-corrected chi connectivity index (χ2v) is 9.00. The predicted molar refractivity (Wildman–Crippen MR) is 109 cm³/mol. The zero-order valence-electron chi connectivity index (χ0n) is 16.0. The molecule has 0 spiro atoms. The molecule has 3 fully saturated rings. The Bertz CT molecular complexity index is 626. The molecule has 142 valence electrons. The third-order valence-corrected chi connectivity index (χ3v) is 7.13. The molecular weight excluding hydrogens is 340 g/mol. The van der Waals surface area contributed by atoms with Gasteiger partial charge in [0.1, 0.15) is 0 Å². The van der Waals surface area contributed by atoms with Crippen LogP contribution in [0.15, 0.2) is 24.3 Å². The van der Waals surface area contributed by atoms with E-state index < -0.39 is 0 Å². The number of nitrogens with one attached hydrogen (secondary N) is 1. The van der Waals surface area contributed by atoms with Gasteiger partial charge in [0.2, 0.25) is 5.91 Å². The highest BCUT2D eigenvalue weighted by Crippen LogP contribution is 2.51. The van der Waals surface area contributed by atoms with Gasteiger partial charge in [0, 0.05) is 25.0 Å². The first-order valence-electron chi connectivity index (χ1n) is 10.4. The lowest BCUT2D eigenvalue weighted by atomic mass is 9.81. The molecule has 1 aromatic rings. The van der Waals surface area contributed by atoms with Crippen molar-refractivity contribution >= 4 is 17.9 Å². The zero-order chi connectivity index (χ0) is 17.9. The fourth-order valence-corrected chi connectivity index (χ4v) is 5.65. The molecule has 1 aromatic carbocycles. The molecular formula is C22H32N2OS. The summed E-state index contributed by atoms with van der Waals surface area (Å²) in [4.78, 5) is 15.2. The molecule has 0 bridgehead atoms. The molecule has 3 aliphatic rings. The lowest BCUT2D eigenvalue weighted by Crippen LogP contribution is -2.47. The number of hydrogen-bond donors (Lipinski definition) is 1. The standard InChI is InChI=1S/C22H32N2OS/c1-26-23-17-10-7-13-24(15-17)22(25)21-14-20(21)19-12-6-5-11-18(19)16-8-3-2-4-9-16/h5-6,11-12,16-17,20-21,23H,2-4,7-10,13-15H2,1H3. The van der Waals surface area contributed by atoms with E-state index in [0.29, 0.717) is 17.9 Å². The number of rotatable bonds is 5. The Hall–Kier alpha value is -1.00. The minimum Gasteiger partial charge on any atom is -0.341 e. The molecule has 2 aliphatic carbocycles. The third-order valence-electron chi connectivity index (χ3n) is 6.57. The van der Waals surface area contributed by atoms with E-state index in [9.17, 15) is 4.79 Å². The quantitative estimate of drug-likeness (QED) is 0.761. The van der Waals surface area contributed by atoms with Crippen LogP contribution >= 0.6 is 11.9 Å². The van der Waals surface area contributed by atoms with E-state index in [0.717, 1.165) is 31.8 Å². The molecule has 2 saturated carbocycles. The molecule has 1 amide bonds. The normalized spacial score (nSPS) is 29.6. The molecule has 0 radical (unpaired) electrons. The molecule has 1 saturated heterocycles. The van der Waals surface area contributed by atoms with Gasteiger partial charge in [-0.05, 0) is 61.3 Å². The van der Waals surface area contributed by atoms with Crippen LogP contribution in [0, 0.1) is 5.92 Å². The average molecular weight is 373 g/mol. The molecule has 3 unspecified atom stereocenters. The molecule has 4 rings (SSSR count). The number of benzene rings is 1. The number of nitrogens with zero attached hydrogens (tertiary/aromatic N) is 1. The van der Waals surface area contributed by atoms with Gasteiger partial charge >= 0.3 is 0 Å². The summed E-state index contributed by atoms with van der Waals surface area (Å²) < 4.78 is 3.45. The summed E-state index contributed by atoms with van der Waals surface area (Å²) in [5, 5.41) is 0. The summed E-state index contributed by atoms with van der Waals surface area (Å²) in [6.45, 7) is 1.83. The largest absolute Gasteiger partial charge is 0.341 e. The predicted octanol–water partition coefficient (Wildman–Crippen LogP) is 4.70. The van der Waals surface area contributed by atoms with Crippen molar-refractivity contribution in [2.75, 3.05) is 19.3 Å². The molecule has 1 N–H and O–H groups in total. The number of hydrogen-bond acceptors (Lipinski definition) is 3. The van der Waals surface area contributed by atoms with E-state index in [4.69, 9.17) is 0 Å². The summed E-state index contributed by atoms with van der Waals surface area (Å²) in [7, 11) is 0. The van der Waals surface area contributed by atoms with Crippen LogP contribution in [0.1, 0.15) is 74.3 Å². The summed E-state index contributed by atoms with van der Waals surface area (Å²) in [5.74, 6) is 1.82. The fraction of sp³-hybridized carbons (Fsp3) is 0.682. The summed E-state index contributed by atoms with van der Waals surface area (Å²) >= 11 is 1.67. The highest BCUT2D eigenvalue weighted by Gasteiger charge is 2.47. The third kappa shape index (κ3) is 3.96. The number of amides is 1. The minimum atomic E-state index is 0.229. The van der Waals surface area contributed by atoms with Crippen LogP contribution in [0.3, 0.4) is 0 Å².